The summed E-state index contributed by atoms with van der Waals surface area (Å²) in [6.07, 6.45) is 0.787. The van der Waals surface area contributed by atoms with E-state index in [2.05, 4.69) is 10.6 Å². The molecule has 0 bridgehead atoms. The minimum absolute atomic E-state index is 0.0544. The van der Waals surface area contributed by atoms with Crippen LogP contribution in [0.25, 0.3) is 0 Å². The van der Waals surface area contributed by atoms with E-state index < -0.39 is 6.10 Å². The molecule has 3 N–H and O–H groups in total. The first-order valence-electron chi connectivity index (χ1n) is 10.4. The first-order valence-corrected chi connectivity index (χ1v) is 10.8. The Hall–Kier alpha value is -3.02. The van der Waals surface area contributed by atoms with Gasteiger partial charge in [0, 0.05) is 28.6 Å². The molecule has 0 saturated carbocycles. The average molecular weight is 435 g/mol. The molecule has 0 aromatic heterocycles. The van der Waals surface area contributed by atoms with Gasteiger partial charge in [-0.05, 0) is 47.4 Å². The van der Waals surface area contributed by atoms with Crippen molar-refractivity contribution in [1.82, 2.24) is 5.32 Å². The Morgan fingerprint density at radius 3 is 2.65 bits per heavy atom. The number of amides is 2. The number of aliphatic hydroxyl groups is 1. The Bertz CT molecular complexity index is 1120. The van der Waals surface area contributed by atoms with E-state index >= 15 is 0 Å². The van der Waals surface area contributed by atoms with Gasteiger partial charge in [0.2, 0.25) is 0 Å². The van der Waals surface area contributed by atoms with Crippen LogP contribution in [-0.2, 0) is 12.8 Å². The van der Waals surface area contributed by atoms with Gasteiger partial charge in [0.25, 0.3) is 0 Å². The molecule has 1 aliphatic carbocycles. The highest BCUT2D eigenvalue weighted by atomic mass is 35.5. The molecule has 5 rings (SSSR count). The van der Waals surface area contributed by atoms with Gasteiger partial charge >= 0.3 is 6.03 Å². The summed E-state index contributed by atoms with van der Waals surface area (Å²) in [4.78, 5) is 13.1. The smallest absolute Gasteiger partial charge is 0.319 e. The SMILES string of the molecule is O=C(Nc1cccc2c1CC(O)C2)NC1c2ccccc2OCC1c1ccc(Cl)cc1. The molecule has 31 heavy (non-hydrogen) atoms. The number of aliphatic hydroxyl groups excluding tert-OH is 1. The Labute approximate surface area is 186 Å². The maximum Gasteiger partial charge on any atom is 0.319 e. The number of anilines is 1. The fraction of sp³-hybridized carbons (Fsp3) is 0.240. The molecule has 0 saturated heterocycles. The van der Waals surface area contributed by atoms with Gasteiger partial charge in [0.05, 0.1) is 18.8 Å². The second-order valence-electron chi connectivity index (χ2n) is 8.09. The molecule has 0 spiro atoms. The Morgan fingerprint density at radius 2 is 1.81 bits per heavy atom. The molecule has 0 fully saturated rings. The van der Waals surface area contributed by atoms with Crippen LogP contribution in [0.2, 0.25) is 5.02 Å². The molecule has 3 unspecified atom stereocenters. The van der Waals surface area contributed by atoms with Crippen molar-refractivity contribution in [3.8, 4) is 5.75 Å². The third kappa shape index (κ3) is 3.99. The lowest BCUT2D eigenvalue weighted by Crippen LogP contribution is -2.39. The van der Waals surface area contributed by atoms with Crippen LogP contribution in [0.15, 0.2) is 66.7 Å². The van der Waals surface area contributed by atoms with Crippen LogP contribution in [0, 0.1) is 0 Å². The summed E-state index contributed by atoms with van der Waals surface area (Å²) in [5, 5.41) is 16.8. The third-order valence-electron chi connectivity index (χ3n) is 6.08. The normalized spacial score (nSPS) is 21.5. The number of carbonyl (C=O) groups is 1. The summed E-state index contributed by atoms with van der Waals surface area (Å²) in [7, 11) is 0. The number of para-hydroxylation sites is 1. The molecule has 3 aromatic rings. The summed E-state index contributed by atoms with van der Waals surface area (Å²) in [6, 6.07) is 20.7. The van der Waals surface area contributed by atoms with Gasteiger partial charge in [-0.2, -0.15) is 0 Å². The van der Waals surface area contributed by atoms with E-state index in [1.54, 1.807) is 0 Å². The first kappa shape index (κ1) is 19.9. The second-order valence-corrected chi connectivity index (χ2v) is 8.52. The van der Waals surface area contributed by atoms with Crippen molar-refractivity contribution in [2.75, 3.05) is 11.9 Å². The van der Waals surface area contributed by atoms with Crippen LogP contribution < -0.4 is 15.4 Å². The number of hydrogen-bond acceptors (Lipinski definition) is 3. The standard InChI is InChI=1S/C25H23ClN2O3/c26-17-10-8-15(9-11-17)21-14-31-23-7-2-1-5-19(23)24(21)28-25(30)27-22-6-3-4-16-12-18(29)13-20(16)22/h1-11,18,21,24,29H,12-14H2,(H2,27,28,30). The lowest BCUT2D eigenvalue weighted by molar-refractivity contribution is 0.187. The van der Waals surface area contributed by atoms with Crippen molar-refractivity contribution < 1.29 is 14.6 Å². The van der Waals surface area contributed by atoms with Crippen LogP contribution in [0.5, 0.6) is 5.75 Å². The van der Waals surface area contributed by atoms with Crippen LogP contribution in [-0.4, -0.2) is 23.8 Å². The molecule has 3 atom stereocenters. The second kappa shape index (κ2) is 8.25. The van der Waals surface area contributed by atoms with Crippen LogP contribution in [0.4, 0.5) is 10.5 Å². The maximum atomic E-state index is 13.1. The molecule has 1 heterocycles. The summed E-state index contributed by atoms with van der Waals surface area (Å²) in [5.41, 5.74) is 4.83. The highest BCUT2D eigenvalue weighted by molar-refractivity contribution is 6.30. The maximum absolute atomic E-state index is 13.1. The quantitative estimate of drug-likeness (QED) is 0.552. The Kier molecular flexibility index (Phi) is 5.30. The Balaban J connectivity index is 1.42. The van der Waals surface area contributed by atoms with E-state index in [4.69, 9.17) is 16.3 Å². The zero-order chi connectivity index (χ0) is 21.4. The number of carbonyl (C=O) groups excluding carboxylic acids is 1. The zero-order valence-corrected chi connectivity index (χ0v) is 17.6. The minimum Gasteiger partial charge on any atom is -0.492 e. The number of nitrogens with one attached hydrogen (secondary N) is 2. The third-order valence-corrected chi connectivity index (χ3v) is 6.33. The van der Waals surface area contributed by atoms with Gasteiger partial charge in [-0.25, -0.2) is 4.79 Å². The number of halogens is 1. The van der Waals surface area contributed by atoms with Crippen molar-refractivity contribution in [2.24, 2.45) is 0 Å². The van der Waals surface area contributed by atoms with Gasteiger partial charge < -0.3 is 20.5 Å². The fourth-order valence-electron chi connectivity index (χ4n) is 4.58. The van der Waals surface area contributed by atoms with Gasteiger partial charge in [-0.3, -0.25) is 0 Å². The highest BCUT2D eigenvalue weighted by Gasteiger charge is 2.33. The monoisotopic (exact) mass is 434 g/mol. The fourth-order valence-corrected chi connectivity index (χ4v) is 4.71. The predicted octanol–water partition coefficient (Wildman–Crippen LogP) is 4.84. The number of benzene rings is 3. The van der Waals surface area contributed by atoms with E-state index in [0.717, 1.165) is 33.7 Å². The highest BCUT2D eigenvalue weighted by Crippen LogP contribution is 2.40. The van der Waals surface area contributed by atoms with Gasteiger partial charge in [-0.15, -0.1) is 0 Å². The lowest BCUT2D eigenvalue weighted by atomic mass is 9.85. The van der Waals surface area contributed by atoms with Crippen molar-refractivity contribution >= 4 is 23.3 Å². The molecule has 1 aliphatic heterocycles. The summed E-state index contributed by atoms with van der Waals surface area (Å²) >= 11 is 6.07. The van der Waals surface area contributed by atoms with Crippen molar-refractivity contribution in [3.05, 3.63) is 94.0 Å². The average Bonchev–Trinajstić information content (AvgIpc) is 3.16. The summed E-state index contributed by atoms with van der Waals surface area (Å²) in [5.74, 6) is 0.725. The van der Waals surface area contributed by atoms with Crippen molar-refractivity contribution in [3.63, 3.8) is 0 Å². The molecule has 2 aliphatic rings. The largest absolute Gasteiger partial charge is 0.492 e. The van der Waals surface area contributed by atoms with Gasteiger partial charge in [-0.1, -0.05) is 54.1 Å². The van der Waals surface area contributed by atoms with E-state index in [9.17, 15) is 9.90 Å². The predicted molar refractivity (Wildman–Crippen MR) is 121 cm³/mol. The molecule has 158 valence electrons. The van der Waals surface area contributed by atoms with Crippen LogP contribution in [0.3, 0.4) is 0 Å². The lowest BCUT2D eigenvalue weighted by Gasteiger charge is -2.34. The van der Waals surface area contributed by atoms with E-state index in [1.807, 2.05) is 66.7 Å². The number of rotatable bonds is 3. The molecule has 2 amide bonds. The van der Waals surface area contributed by atoms with Gasteiger partial charge in [0.15, 0.2) is 0 Å². The number of urea groups is 1. The topological polar surface area (TPSA) is 70.6 Å². The molecule has 5 nitrogen and oxygen atoms in total. The van der Waals surface area contributed by atoms with Crippen molar-refractivity contribution in [2.45, 2.75) is 30.9 Å². The molecule has 3 aromatic carbocycles. The number of fused-ring (bicyclic) bond motifs is 2. The number of ether oxygens (including phenoxy) is 1. The first-order chi connectivity index (χ1) is 15.1. The summed E-state index contributed by atoms with van der Waals surface area (Å²) in [6.45, 7) is 0.455. The Morgan fingerprint density at radius 1 is 1.00 bits per heavy atom. The molecular formula is C25H23ClN2O3. The minimum atomic E-state index is -0.391. The van der Waals surface area contributed by atoms with Crippen LogP contribution >= 0.6 is 11.6 Å². The van der Waals surface area contributed by atoms with E-state index in [-0.39, 0.29) is 18.0 Å². The summed E-state index contributed by atoms with van der Waals surface area (Å²) < 4.78 is 5.99. The van der Waals surface area contributed by atoms with Crippen molar-refractivity contribution in [1.29, 1.82) is 0 Å². The van der Waals surface area contributed by atoms with E-state index in [0.29, 0.717) is 24.5 Å². The molecular weight excluding hydrogens is 412 g/mol. The molecule has 0 radical (unpaired) electrons. The van der Waals surface area contributed by atoms with E-state index in [1.165, 1.54) is 0 Å². The number of hydrogen-bond donors (Lipinski definition) is 3. The molecule has 6 heteroatoms. The van der Waals surface area contributed by atoms with Gasteiger partial charge in [0.1, 0.15) is 5.75 Å². The zero-order valence-electron chi connectivity index (χ0n) is 16.8. The van der Waals surface area contributed by atoms with Crippen LogP contribution in [0.1, 0.15) is 34.2 Å².